The van der Waals surface area contributed by atoms with Gasteiger partial charge in [-0.25, -0.2) is 9.18 Å². The van der Waals surface area contributed by atoms with Gasteiger partial charge >= 0.3 is 6.09 Å². The van der Waals surface area contributed by atoms with E-state index in [0.717, 1.165) is 27.2 Å². The highest BCUT2D eigenvalue weighted by molar-refractivity contribution is 7.18. The summed E-state index contributed by atoms with van der Waals surface area (Å²) in [7, 11) is 3.01. The maximum atomic E-state index is 15.1. The number of anilines is 2. The highest BCUT2D eigenvalue weighted by Gasteiger charge is 2.38. The molecule has 0 unspecified atom stereocenters. The maximum absolute atomic E-state index is 15.1. The second-order valence-corrected chi connectivity index (χ2v) is 10.8. The molecule has 2 aliphatic rings. The Bertz CT molecular complexity index is 1320. The number of carbonyl (C=O) groups is 5. The summed E-state index contributed by atoms with van der Waals surface area (Å²) in [5.41, 5.74) is 0.246. The zero-order valence-electron chi connectivity index (χ0n) is 21.7. The molecule has 1 N–H and O–H groups in total. The highest BCUT2D eigenvalue weighted by atomic mass is 35.5. The van der Waals surface area contributed by atoms with Gasteiger partial charge in [-0.05, 0) is 37.4 Å². The van der Waals surface area contributed by atoms with Crippen LogP contribution >= 0.6 is 22.9 Å². The average molecular weight is 596 g/mol. The molecule has 1 aromatic carbocycles. The number of thiophene rings is 1. The summed E-state index contributed by atoms with van der Waals surface area (Å²) in [6.07, 6.45) is -1.84. The second kappa shape index (κ2) is 12.7. The first-order valence-electron chi connectivity index (χ1n) is 12.2. The van der Waals surface area contributed by atoms with Crippen molar-refractivity contribution >= 4 is 64.0 Å². The topological polar surface area (TPSA) is 129 Å². The predicted octanol–water partition coefficient (Wildman–Crippen LogP) is 1.58. The molecule has 2 aliphatic heterocycles. The molecule has 4 rings (SSSR count). The average Bonchev–Trinajstić information content (AvgIpc) is 3.52. The fourth-order valence-corrected chi connectivity index (χ4v) is 5.21. The molecule has 0 spiro atoms. The molecule has 5 amide bonds. The third-order valence-electron chi connectivity index (χ3n) is 6.24. The summed E-state index contributed by atoms with van der Waals surface area (Å²) < 4.78 is 25.9. The minimum absolute atomic E-state index is 0.00247. The standard InChI is InChI=1S/C25H27ClFN5O7S/c1-28-10-21(33)29(2)13-22(34)32(24(36)19-5-6-20(26)40-19)12-16-11-31(25(37)39-16)18-4-3-15(9-17(18)27)30-7-8-38-14-23(30)35/h3-6,9,16,28H,7-8,10-14H2,1-2H3/t16-/m1/s1. The first-order valence-corrected chi connectivity index (χ1v) is 13.4. The Morgan fingerprint density at radius 3 is 2.60 bits per heavy atom. The smallest absolute Gasteiger partial charge is 0.414 e. The number of morpholine rings is 1. The van der Waals surface area contributed by atoms with Gasteiger partial charge in [0.2, 0.25) is 11.8 Å². The van der Waals surface area contributed by atoms with Crippen LogP contribution in [-0.4, -0.2) is 106 Å². The molecule has 0 saturated carbocycles. The number of amides is 5. The van der Waals surface area contributed by atoms with Crippen molar-refractivity contribution in [2.75, 3.05) is 69.8 Å². The van der Waals surface area contributed by atoms with Crippen molar-refractivity contribution in [1.29, 1.82) is 0 Å². The number of halogens is 2. The first kappa shape index (κ1) is 29.4. The van der Waals surface area contributed by atoms with E-state index >= 15 is 4.39 Å². The lowest BCUT2D eigenvalue weighted by Crippen LogP contribution is -2.48. The van der Waals surface area contributed by atoms with Crippen LogP contribution in [0.1, 0.15) is 9.67 Å². The number of hydrogen-bond acceptors (Lipinski definition) is 9. The van der Waals surface area contributed by atoms with Crippen LogP contribution < -0.4 is 15.1 Å². The lowest BCUT2D eigenvalue weighted by Gasteiger charge is -2.27. The number of nitrogens with one attached hydrogen (secondary N) is 1. The maximum Gasteiger partial charge on any atom is 0.414 e. The number of ether oxygens (including phenoxy) is 2. The van der Waals surface area contributed by atoms with Gasteiger partial charge in [-0.2, -0.15) is 0 Å². The van der Waals surface area contributed by atoms with E-state index in [2.05, 4.69) is 5.32 Å². The zero-order chi connectivity index (χ0) is 29.0. The Kier molecular flexibility index (Phi) is 9.35. The van der Waals surface area contributed by atoms with Crippen molar-refractivity contribution in [3.8, 4) is 0 Å². The summed E-state index contributed by atoms with van der Waals surface area (Å²) in [5, 5.41) is 2.70. The Labute approximate surface area is 238 Å². The monoisotopic (exact) mass is 595 g/mol. The van der Waals surface area contributed by atoms with Crippen molar-refractivity contribution < 1.29 is 37.8 Å². The van der Waals surface area contributed by atoms with Crippen molar-refractivity contribution in [3.05, 3.63) is 45.4 Å². The van der Waals surface area contributed by atoms with E-state index in [4.69, 9.17) is 21.1 Å². The van der Waals surface area contributed by atoms with Crippen molar-refractivity contribution in [3.63, 3.8) is 0 Å². The fraction of sp³-hybridized carbons (Fsp3) is 0.400. The lowest BCUT2D eigenvalue weighted by molar-refractivity contribution is -0.137. The number of likely N-dealkylation sites (N-methyl/N-ethyl adjacent to an activating group) is 2. The molecule has 1 atom stereocenters. The molecule has 2 aromatic rings. The van der Waals surface area contributed by atoms with E-state index in [9.17, 15) is 24.0 Å². The summed E-state index contributed by atoms with van der Waals surface area (Å²) in [6.45, 7) is -0.388. The highest BCUT2D eigenvalue weighted by Crippen LogP contribution is 2.30. The number of hydrogen-bond donors (Lipinski definition) is 1. The van der Waals surface area contributed by atoms with Gasteiger partial charge in [0, 0.05) is 19.3 Å². The van der Waals surface area contributed by atoms with Gasteiger partial charge in [0.05, 0.1) is 47.7 Å². The molecule has 0 radical (unpaired) electrons. The van der Waals surface area contributed by atoms with Crippen LogP contribution in [0.4, 0.5) is 20.6 Å². The SMILES string of the molecule is CNCC(=O)N(C)CC(=O)N(C[C@H]1CN(c2ccc(N3CCOCC3=O)cc2F)C(=O)O1)C(=O)c1ccc(Cl)s1. The molecule has 0 bridgehead atoms. The summed E-state index contributed by atoms with van der Waals surface area (Å²) in [6, 6.07) is 7.01. The van der Waals surface area contributed by atoms with Gasteiger partial charge in [-0.1, -0.05) is 11.6 Å². The van der Waals surface area contributed by atoms with E-state index < -0.39 is 36.4 Å². The molecule has 214 valence electrons. The van der Waals surface area contributed by atoms with Gasteiger partial charge in [0.25, 0.3) is 11.8 Å². The Morgan fingerprint density at radius 2 is 1.95 bits per heavy atom. The van der Waals surface area contributed by atoms with E-state index in [1.165, 1.54) is 41.1 Å². The molecule has 40 heavy (non-hydrogen) atoms. The summed E-state index contributed by atoms with van der Waals surface area (Å²) >= 11 is 6.95. The van der Waals surface area contributed by atoms with Crippen molar-refractivity contribution in [2.24, 2.45) is 0 Å². The second-order valence-electron chi connectivity index (χ2n) is 9.04. The van der Waals surface area contributed by atoms with Crippen molar-refractivity contribution in [2.45, 2.75) is 6.10 Å². The molecular formula is C25H27ClFN5O7S. The minimum atomic E-state index is -0.978. The van der Waals surface area contributed by atoms with E-state index in [-0.39, 0.29) is 55.2 Å². The number of rotatable bonds is 9. The van der Waals surface area contributed by atoms with Crippen LogP contribution in [0.2, 0.25) is 4.34 Å². The molecular weight excluding hydrogens is 569 g/mol. The molecule has 2 fully saturated rings. The third-order valence-corrected chi connectivity index (χ3v) is 7.46. The molecule has 2 saturated heterocycles. The summed E-state index contributed by atoms with van der Waals surface area (Å²) in [4.78, 5) is 68.1. The quantitative estimate of drug-likeness (QED) is 0.463. The lowest BCUT2D eigenvalue weighted by atomic mass is 10.2. The van der Waals surface area contributed by atoms with Crippen molar-refractivity contribution in [1.82, 2.24) is 15.1 Å². The van der Waals surface area contributed by atoms with E-state index in [0.29, 0.717) is 16.6 Å². The van der Waals surface area contributed by atoms with Crippen LogP contribution in [0.3, 0.4) is 0 Å². The predicted molar refractivity (Wildman–Crippen MR) is 144 cm³/mol. The summed E-state index contributed by atoms with van der Waals surface area (Å²) in [5.74, 6) is -2.79. The molecule has 12 nitrogen and oxygen atoms in total. The largest absolute Gasteiger partial charge is 0.442 e. The number of carbonyl (C=O) groups excluding carboxylic acids is 5. The number of nitrogens with zero attached hydrogens (tertiary/aromatic N) is 4. The van der Waals surface area contributed by atoms with Gasteiger partial charge in [0.15, 0.2) is 0 Å². The third kappa shape index (κ3) is 6.58. The van der Waals surface area contributed by atoms with Crippen LogP contribution in [0.15, 0.2) is 30.3 Å². The zero-order valence-corrected chi connectivity index (χ0v) is 23.3. The van der Waals surface area contributed by atoms with Gasteiger partial charge < -0.3 is 24.6 Å². The Morgan fingerprint density at radius 1 is 1.18 bits per heavy atom. The van der Waals surface area contributed by atoms with Gasteiger partial charge in [-0.15, -0.1) is 11.3 Å². The van der Waals surface area contributed by atoms with Gasteiger partial charge in [-0.3, -0.25) is 29.0 Å². The number of cyclic esters (lactones) is 1. The molecule has 3 heterocycles. The molecule has 1 aromatic heterocycles. The number of benzene rings is 1. The molecule has 15 heteroatoms. The first-order chi connectivity index (χ1) is 19.1. The van der Waals surface area contributed by atoms with E-state index in [1.54, 1.807) is 7.05 Å². The van der Waals surface area contributed by atoms with E-state index in [1.807, 2.05) is 0 Å². The molecule has 0 aliphatic carbocycles. The normalized spacial score (nSPS) is 17.1. The minimum Gasteiger partial charge on any atom is -0.442 e. The van der Waals surface area contributed by atoms with Crippen LogP contribution in [0, 0.1) is 5.82 Å². The Hall–Kier alpha value is -3.59. The van der Waals surface area contributed by atoms with Crippen LogP contribution in [0.5, 0.6) is 0 Å². The fourth-order valence-electron chi connectivity index (χ4n) is 4.21. The van der Waals surface area contributed by atoms with Crippen LogP contribution in [-0.2, 0) is 23.9 Å². The van der Waals surface area contributed by atoms with Crippen LogP contribution in [0.25, 0.3) is 0 Å². The Balaban J connectivity index is 1.50. The van der Waals surface area contributed by atoms with Gasteiger partial charge in [0.1, 0.15) is 18.5 Å². The number of imide groups is 1.